The Morgan fingerprint density at radius 2 is 2.27 bits per heavy atom. The number of amides is 1. The number of benzene rings is 1. The van der Waals surface area contributed by atoms with Crippen LogP contribution in [0.2, 0.25) is 0 Å². The molecule has 0 bridgehead atoms. The van der Waals surface area contributed by atoms with Crippen LogP contribution in [0, 0.1) is 0 Å². The minimum Gasteiger partial charge on any atom is -0.491 e. The van der Waals surface area contributed by atoms with Crippen molar-refractivity contribution >= 4 is 11.6 Å². The van der Waals surface area contributed by atoms with Gasteiger partial charge in [-0.25, -0.2) is 0 Å². The van der Waals surface area contributed by atoms with Crippen LogP contribution < -0.4 is 9.64 Å². The van der Waals surface area contributed by atoms with Crippen LogP contribution in [-0.2, 0) is 4.79 Å². The maximum absolute atomic E-state index is 11.8. The molecule has 3 heteroatoms. The van der Waals surface area contributed by atoms with Gasteiger partial charge >= 0.3 is 0 Å². The summed E-state index contributed by atoms with van der Waals surface area (Å²) in [6.45, 7) is 4.63. The van der Waals surface area contributed by atoms with E-state index in [4.69, 9.17) is 4.74 Å². The van der Waals surface area contributed by atoms with Gasteiger partial charge in [-0.05, 0) is 12.1 Å². The molecule has 0 atom stereocenters. The Kier molecular flexibility index (Phi) is 2.72. The van der Waals surface area contributed by atoms with Crippen LogP contribution in [0.5, 0.6) is 5.75 Å². The second kappa shape index (κ2) is 4.17. The third-order valence-electron chi connectivity index (χ3n) is 2.34. The molecular formula is C12H13NO2. The highest BCUT2D eigenvalue weighted by atomic mass is 16.5. The fraction of sp³-hybridized carbons (Fsp3) is 0.250. The van der Waals surface area contributed by atoms with Crippen LogP contribution in [0.25, 0.3) is 0 Å². The van der Waals surface area contributed by atoms with Gasteiger partial charge in [0, 0.05) is 6.54 Å². The summed E-state index contributed by atoms with van der Waals surface area (Å²) < 4.78 is 5.50. The van der Waals surface area contributed by atoms with Gasteiger partial charge in [-0.3, -0.25) is 4.79 Å². The van der Waals surface area contributed by atoms with Crippen molar-refractivity contribution in [2.75, 3.05) is 18.1 Å². The maximum atomic E-state index is 11.8. The SMILES string of the molecule is C=CCN1C(=O)CCOc2ccccc21. The largest absolute Gasteiger partial charge is 0.491 e. The predicted molar refractivity (Wildman–Crippen MR) is 59.1 cm³/mol. The minimum absolute atomic E-state index is 0.0832. The van der Waals surface area contributed by atoms with E-state index >= 15 is 0 Å². The van der Waals surface area contributed by atoms with Crippen molar-refractivity contribution in [2.24, 2.45) is 0 Å². The number of para-hydroxylation sites is 2. The zero-order valence-electron chi connectivity index (χ0n) is 8.48. The lowest BCUT2D eigenvalue weighted by atomic mass is 10.2. The van der Waals surface area contributed by atoms with Gasteiger partial charge in [0.1, 0.15) is 5.75 Å². The van der Waals surface area contributed by atoms with Crippen molar-refractivity contribution in [3.8, 4) is 5.75 Å². The molecule has 0 saturated heterocycles. The van der Waals surface area contributed by atoms with E-state index in [0.717, 1.165) is 11.4 Å². The third kappa shape index (κ3) is 1.86. The number of fused-ring (bicyclic) bond motifs is 1. The van der Waals surface area contributed by atoms with Gasteiger partial charge in [0.2, 0.25) is 5.91 Å². The number of hydrogen-bond donors (Lipinski definition) is 0. The Labute approximate surface area is 89.0 Å². The zero-order valence-corrected chi connectivity index (χ0v) is 8.48. The number of hydrogen-bond acceptors (Lipinski definition) is 2. The molecule has 0 saturated carbocycles. The highest BCUT2D eigenvalue weighted by Gasteiger charge is 2.21. The Balaban J connectivity index is 2.42. The van der Waals surface area contributed by atoms with E-state index in [1.54, 1.807) is 11.0 Å². The first kappa shape index (κ1) is 9.77. The first-order valence-electron chi connectivity index (χ1n) is 4.96. The monoisotopic (exact) mass is 203 g/mol. The lowest BCUT2D eigenvalue weighted by Gasteiger charge is -2.19. The summed E-state index contributed by atoms with van der Waals surface area (Å²) in [4.78, 5) is 13.5. The number of nitrogens with zero attached hydrogens (tertiary/aromatic N) is 1. The molecule has 0 spiro atoms. The van der Waals surface area contributed by atoms with Gasteiger partial charge < -0.3 is 9.64 Å². The lowest BCUT2D eigenvalue weighted by Crippen LogP contribution is -2.30. The first-order chi connectivity index (χ1) is 7.33. The van der Waals surface area contributed by atoms with Crippen LogP contribution in [-0.4, -0.2) is 19.1 Å². The van der Waals surface area contributed by atoms with Gasteiger partial charge in [-0.2, -0.15) is 0 Å². The topological polar surface area (TPSA) is 29.5 Å². The predicted octanol–water partition coefficient (Wildman–Crippen LogP) is 1.99. The molecule has 0 radical (unpaired) electrons. The Morgan fingerprint density at radius 1 is 1.47 bits per heavy atom. The van der Waals surface area contributed by atoms with Crippen molar-refractivity contribution in [3.63, 3.8) is 0 Å². The highest BCUT2D eigenvalue weighted by Crippen LogP contribution is 2.30. The van der Waals surface area contributed by atoms with Crippen molar-refractivity contribution in [1.29, 1.82) is 0 Å². The Hall–Kier alpha value is -1.77. The lowest BCUT2D eigenvalue weighted by molar-refractivity contribution is -0.118. The van der Waals surface area contributed by atoms with Gasteiger partial charge in [0.25, 0.3) is 0 Å². The summed E-state index contributed by atoms with van der Waals surface area (Å²) in [6, 6.07) is 7.57. The van der Waals surface area contributed by atoms with E-state index < -0.39 is 0 Å². The molecule has 1 amide bonds. The van der Waals surface area contributed by atoms with E-state index in [1.807, 2.05) is 24.3 Å². The maximum Gasteiger partial charge on any atom is 0.230 e. The molecule has 3 nitrogen and oxygen atoms in total. The average molecular weight is 203 g/mol. The molecule has 1 aliphatic heterocycles. The standard InChI is InChI=1S/C12H13NO2/c1-2-8-13-10-5-3-4-6-11(10)15-9-7-12(13)14/h2-6H,1,7-9H2. The van der Waals surface area contributed by atoms with Gasteiger partial charge in [0.05, 0.1) is 18.7 Å². The molecule has 1 aliphatic rings. The summed E-state index contributed by atoms with van der Waals surface area (Å²) in [5, 5.41) is 0. The number of rotatable bonds is 2. The smallest absolute Gasteiger partial charge is 0.230 e. The summed E-state index contributed by atoms with van der Waals surface area (Å²) in [6.07, 6.45) is 2.14. The van der Waals surface area contributed by atoms with Crippen LogP contribution >= 0.6 is 0 Å². The van der Waals surface area contributed by atoms with Crippen molar-refractivity contribution in [2.45, 2.75) is 6.42 Å². The van der Waals surface area contributed by atoms with Crippen LogP contribution in [0.4, 0.5) is 5.69 Å². The van der Waals surface area contributed by atoms with Crippen LogP contribution in [0.15, 0.2) is 36.9 Å². The number of carbonyl (C=O) groups excluding carboxylic acids is 1. The first-order valence-corrected chi connectivity index (χ1v) is 4.96. The zero-order chi connectivity index (χ0) is 10.7. The summed E-state index contributed by atoms with van der Waals surface area (Å²) in [5.74, 6) is 0.852. The van der Waals surface area contributed by atoms with E-state index in [1.165, 1.54) is 0 Å². The molecule has 78 valence electrons. The van der Waals surface area contributed by atoms with Gasteiger partial charge in [-0.15, -0.1) is 6.58 Å². The molecule has 1 aromatic carbocycles. The van der Waals surface area contributed by atoms with Crippen molar-refractivity contribution in [1.82, 2.24) is 0 Å². The molecule has 15 heavy (non-hydrogen) atoms. The van der Waals surface area contributed by atoms with Crippen LogP contribution in [0.1, 0.15) is 6.42 Å². The molecule has 0 N–H and O–H groups in total. The third-order valence-corrected chi connectivity index (χ3v) is 2.34. The van der Waals surface area contributed by atoms with E-state index in [9.17, 15) is 4.79 Å². The molecule has 2 rings (SSSR count). The number of ether oxygens (including phenoxy) is 1. The molecule has 0 fully saturated rings. The number of anilines is 1. The molecule has 0 aliphatic carbocycles. The van der Waals surface area contributed by atoms with E-state index in [0.29, 0.717) is 19.6 Å². The van der Waals surface area contributed by atoms with Gasteiger partial charge in [-0.1, -0.05) is 18.2 Å². The molecular weight excluding hydrogens is 190 g/mol. The minimum atomic E-state index is 0.0832. The Bertz CT molecular complexity index is 387. The normalized spacial score (nSPS) is 15.2. The number of carbonyl (C=O) groups is 1. The quantitative estimate of drug-likeness (QED) is 0.688. The average Bonchev–Trinajstić information content (AvgIpc) is 2.40. The molecule has 1 heterocycles. The van der Waals surface area contributed by atoms with Gasteiger partial charge in [0.15, 0.2) is 0 Å². The van der Waals surface area contributed by atoms with Crippen LogP contribution in [0.3, 0.4) is 0 Å². The fourth-order valence-corrected chi connectivity index (χ4v) is 1.65. The molecule has 0 unspecified atom stereocenters. The van der Waals surface area contributed by atoms with E-state index in [-0.39, 0.29) is 5.91 Å². The highest BCUT2D eigenvalue weighted by molar-refractivity contribution is 5.95. The summed E-state index contributed by atoms with van der Waals surface area (Å²) >= 11 is 0. The molecule has 0 aromatic heterocycles. The second-order valence-electron chi connectivity index (χ2n) is 3.36. The van der Waals surface area contributed by atoms with Crippen molar-refractivity contribution in [3.05, 3.63) is 36.9 Å². The summed E-state index contributed by atoms with van der Waals surface area (Å²) in [7, 11) is 0. The Morgan fingerprint density at radius 3 is 3.07 bits per heavy atom. The summed E-state index contributed by atoms with van der Waals surface area (Å²) in [5.41, 5.74) is 0.833. The van der Waals surface area contributed by atoms with E-state index in [2.05, 4.69) is 6.58 Å². The van der Waals surface area contributed by atoms with Crippen molar-refractivity contribution < 1.29 is 9.53 Å². The molecule has 1 aromatic rings. The fourth-order valence-electron chi connectivity index (χ4n) is 1.65. The second-order valence-corrected chi connectivity index (χ2v) is 3.36.